The number of anilines is 1. The summed E-state index contributed by atoms with van der Waals surface area (Å²) in [5.41, 5.74) is 2.60. The third-order valence-corrected chi connectivity index (χ3v) is 4.11. The number of phenols is 1. The fourth-order valence-corrected chi connectivity index (χ4v) is 2.90. The highest BCUT2D eigenvalue weighted by atomic mass is 16.3. The second-order valence-corrected chi connectivity index (χ2v) is 5.63. The van der Waals surface area contributed by atoms with E-state index >= 15 is 0 Å². The standard InChI is InChI=1S/C17H16N2O2/c20-13-9-5-11(6-10-13)16-18-15-4-2-1-3-14(15)17(21)19(16)12-7-8-12/h1-6,9-10,12,16,18,20H,7-8H2/t16-/m1/s1. The molecule has 0 aromatic heterocycles. The smallest absolute Gasteiger partial charge is 0.258 e. The molecule has 0 spiro atoms. The first-order valence-electron chi connectivity index (χ1n) is 7.21. The average Bonchev–Trinajstić information content (AvgIpc) is 3.32. The maximum absolute atomic E-state index is 12.8. The van der Waals surface area contributed by atoms with Gasteiger partial charge in [0.25, 0.3) is 5.91 Å². The average molecular weight is 280 g/mol. The minimum Gasteiger partial charge on any atom is -0.508 e. The summed E-state index contributed by atoms with van der Waals surface area (Å²) in [7, 11) is 0. The van der Waals surface area contributed by atoms with Crippen LogP contribution in [0.15, 0.2) is 48.5 Å². The number of carbonyl (C=O) groups is 1. The van der Waals surface area contributed by atoms with Crippen LogP contribution in [0, 0.1) is 0 Å². The molecule has 1 saturated carbocycles. The lowest BCUT2D eigenvalue weighted by Crippen LogP contribution is -2.44. The zero-order chi connectivity index (χ0) is 14.4. The van der Waals surface area contributed by atoms with Crippen LogP contribution in [0.3, 0.4) is 0 Å². The molecule has 2 N–H and O–H groups in total. The number of phenolic OH excluding ortho intramolecular Hbond substituents is 1. The first-order valence-corrected chi connectivity index (χ1v) is 7.21. The number of benzene rings is 2. The van der Waals surface area contributed by atoms with E-state index in [1.54, 1.807) is 12.1 Å². The quantitative estimate of drug-likeness (QED) is 0.888. The number of para-hydroxylation sites is 1. The molecule has 1 heterocycles. The molecule has 4 nitrogen and oxygen atoms in total. The molecule has 0 bridgehead atoms. The Balaban J connectivity index is 1.78. The van der Waals surface area contributed by atoms with Crippen molar-refractivity contribution in [1.82, 2.24) is 4.90 Å². The molecule has 1 atom stereocenters. The van der Waals surface area contributed by atoms with Crippen LogP contribution >= 0.6 is 0 Å². The maximum atomic E-state index is 12.8. The van der Waals surface area contributed by atoms with Gasteiger partial charge >= 0.3 is 0 Å². The van der Waals surface area contributed by atoms with E-state index in [1.165, 1.54) is 0 Å². The predicted octanol–water partition coefficient (Wildman–Crippen LogP) is 3.12. The van der Waals surface area contributed by atoms with Crippen LogP contribution in [0.4, 0.5) is 5.69 Å². The van der Waals surface area contributed by atoms with Gasteiger partial charge in [-0.15, -0.1) is 0 Å². The van der Waals surface area contributed by atoms with Gasteiger partial charge in [-0.3, -0.25) is 4.79 Å². The number of rotatable bonds is 2. The Bertz CT molecular complexity index is 692. The molecule has 2 aromatic carbocycles. The summed E-state index contributed by atoms with van der Waals surface area (Å²) in [6, 6.07) is 15.0. The first-order chi connectivity index (χ1) is 10.2. The van der Waals surface area contributed by atoms with Crippen LogP contribution in [0.1, 0.15) is 34.9 Å². The number of fused-ring (bicyclic) bond motifs is 1. The zero-order valence-electron chi connectivity index (χ0n) is 11.5. The van der Waals surface area contributed by atoms with Gasteiger partial charge in [0, 0.05) is 11.7 Å². The van der Waals surface area contributed by atoms with E-state index in [4.69, 9.17) is 0 Å². The lowest BCUT2D eigenvalue weighted by molar-refractivity contribution is 0.0666. The predicted molar refractivity (Wildman–Crippen MR) is 80.1 cm³/mol. The van der Waals surface area contributed by atoms with E-state index in [9.17, 15) is 9.90 Å². The normalized spacial score (nSPS) is 20.9. The van der Waals surface area contributed by atoms with E-state index in [0.29, 0.717) is 6.04 Å². The molecule has 106 valence electrons. The molecular weight excluding hydrogens is 264 g/mol. The van der Waals surface area contributed by atoms with E-state index < -0.39 is 0 Å². The van der Waals surface area contributed by atoms with Crippen molar-refractivity contribution in [3.63, 3.8) is 0 Å². The lowest BCUT2D eigenvalue weighted by Gasteiger charge is -2.38. The molecular formula is C17H16N2O2. The molecule has 1 aliphatic heterocycles. The van der Waals surface area contributed by atoms with Crippen LogP contribution in [0.5, 0.6) is 5.75 Å². The maximum Gasteiger partial charge on any atom is 0.258 e. The van der Waals surface area contributed by atoms with Crippen LogP contribution in [-0.4, -0.2) is 22.0 Å². The minimum atomic E-state index is -0.166. The molecule has 0 saturated heterocycles. The van der Waals surface area contributed by atoms with Gasteiger partial charge in [-0.05, 0) is 42.7 Å². The monoisotopic (exact) mass is 280 g/mol. The van der Waals surface area contributed by atoms with Crippen LogP contribution < -0.4 is 5.32 Å². The Kier molecular flexibility index (Phi) is 2.64. The van der Waals surface area contributed by atoms with Crippen molar-refractivity contribution in [2.45, 2.75) is 25.0 Å². The number of aromatic hydroxyl groups is 1. The Morgan fingerprint density at radius 2 is 1.76 bits per heavy atom. The third kappa shape index (κ3) is 2.03. The van der Waals surface area contributed by atoms with Gasteiger partial charge in [0.05, 0.1) is 5.56 Å². The molecule has 1 aliphatic carbocycles. The third-order valence-electron chi connectivity index (χ3n) is 4.11. The fourth-order valence-electron chi connectivity index (χ4n) is 2.90. The molecule has 21 heavy (non-hydrogen) atoms. The largest absolute Gasteiger partial charge is 0.508 e. The Hall–Kier alpha value is -2.49. The summed E-state index contributed by atoms with van der Waals surface area (Å²) in [5.74, 6) is 0.323. The highest BCUT2D eigenvalue weighted by Gasteiger charge is 2.41. The number of nitrogens with zero attached hydrogens (tertiary/aromatic N) is 1. The molecule has 4 heteroatoms. The minimum absolute atomic E-state index is 0.0879. The summed E-state index contributed by atoms with van der Waals surface area (Å²) >= 11 is 0. The molecule has 0 radical (unpaired) electrons. The summed E-state index contributed by atoms with van der Waals surface area (Å²) in [6.45, 7) is 0. The van der Waals surface area contributed by atoms with Gasteiger partial charge in [0.2, 0.25) is 0 Å². The Labute approximate surface area is 123 Å². The summed E-state index contributed by atoms with van der Waals surface area (Å²) in [6.07, 6.45) is 1.95. The van der Waals surface area contributed by atoms with Crippen LogP contribution in [-0.2, 0) is 0 Å². The van der Waals surface area contributed by atoms with Crippen molar-refractivity contribution in [3.05, 3.63) is 59.7 Å². The van der Waals surface area contributed by atoms with Gasteiger partial charge in [-0.2, -0.15) is 0 Å². The summed E-state index contributed by atoms with van der Waals surface area (Å²) in [4.78, 5) is 14.7. The molecule has 1 fully saturated rings. The van der Waals surface area contributed by atoms with Crippen molar-refractivity contribution in [3.8, 4) is 5.75 Å². The second kappa shape index (κ2) is 4.52. The van der Waals surface area contributed by atoms with Gasteiger partial charge < -0.3 is 15.3 Å². The molecule has 2 aromatic rings. The van der Waals surface area contributed by atoms with Crippen molar-refractivity contribution < 1.29 is 9.90 Å². The van der Waals surface area contributed by atoms with Gasteiger partial charge in [-0.1, -0.05) is 24.3 Å². The highest BCUT2D eigenvalue weighted by Crippen LogP contribution is 2.40. The fraction of sp³-hybridized carbons (Fsp3) is 0.235. The van der Waals surface area contributed by atoms with E-state index in [0.717, 1.165) is 29.7 Å². The van der Waals surface area contributed by atoms with E-state index in [2.05, 4.69) is 5.32 Å². The molecule has 4 rings (SSSR count). The van der Waals surface area contributed by atoms with Crippen LogP contribution in [0.25, 0.3) is 0 Å². The van der Waals surface area contributed by atoms with Crippen molar-refractivity contribution in [1.29, 1.82) is 0 Å². The second-order valence-electron chi connectivity index (χ2n) is 5.63. The van der Waals surface area contributed by atoms with Gasteiger partial charge in [0.15, 0.2) is 0 Å². The Morgan fingerprint density at radius 1 is 1.05 bits per heavy atom. The van der Waals surface area contributed by atoms with Gasteiger partial charge in [-0.25, -0.2) is 0 Å². The number of amides is 1. The molecule has 2 aliphatic rings. The number of hydrogen-bond acceptors (Lipinski definition) is 3. The Morgan fingerprint density at radius 3 is 2.48 bits per heavy atom. The lowest BCUT2D eigenvalue weighted by atomic mass is 10.0. The summed E-state index contributed by atoms with van der Waals surface area (Å²) < 4.78 is 0. The SMILES string of the molecule is O=C1c2ccccc2N[C@@H](c2ccc(O)cc2)N1C1CC1. The molecule has 1 amide bonds. The topological polar surface area (TPSA) is 52.6 Å². The van der Waals surface area contributed by atoms with E-state index in [1.807, 2.05) is 41.3 Å². The van der Waals surface area contributed by atoms with Crippen molar-refractivity contribution in [2.75, 3.05) is 5.32 Å². The number of hydrogen-bond donors (Lipinski definition) is 2. The highest BCUT2D eigenvalue weighted by molar-refractivity contribution is 6.02. The van der Waals surface area contributed by atoms with Gasteiger partial charge in [0.1, 0.15) is 11.9 Å². The number of nitrogens with one attached hydrogen (secondary N) is 1. The van der Waals surface area contributed by atoms with Crippen molar-refractivity contribution >= 4 is 11.6 Å². The number of carbonyl (C=O) groups excluding carboxylic acids is 1. The zero-order valence-corrected chi connectivity index (χ0v) is 11.5. The summed E-state index contributed by atoms with van der Waals surface area (Å²) in [5, 5.41) is 12.9. The first kappa shape index (κ1) is 12.3. The van der Waals surface area contributed by atoms with E-state index in [-0.39, 0.29) is 17.8 Å². The van der Waals surface area contributed by atoms with Crippen molar-refractivity contribution in [2.24, 2.45) is 0 Å². The van der Waals surface area contributed by atoms with Crippen LogP contribution in [0.2, 0.25) is 0 Å². The molecule has 0 unspecified atom stereocenters.